The molecule has 1 aromatic rings. The lowest BCUT2D eigenvalue weighted by Gasteiger charge is -2.16. The fraction of sp³-hybridized carbons (Fsp3) is 0.429. The van der Waals surface area contributed by atoms with Gasteiger partial charge in [0.15, 0.2) is 0 Å². The second-order valence-electron chi connectivity index (χ2n) is 4.53. The highest BCUT2D eigenvalue weighted by Crippen LogP contribution is 2.21. The minimum absolute atomic E-state index is 0.0698. The van der Waals surface area contributed by atoms with Crippen LogP contribution in [0.15, 0.2) is 24.3 Å². The Bertz CT molecular complexity index is 456. The van der Waals surface area contributed by atoms with Crippen molar-refractivity contribution in [1.29, 1.82) is 0 Å². The van der Waals surface area contributed by atoms with Crippen LogP contribution in [0.4, 0.5) is 5.69 Å². The number of anilines is 1. The SMILES string of the molecule is COCC(=O)NCc1ccc(N2CCCC2=O)cc1. The van der Waals surface area contributed by atoms with Crippen molar-refractivity contribution in [1.82, 2.24) is 5.32 Å². The number of carbonyl (C=O) groups excluding carboxylic acids is 2. The largest absolute Gasteiger partial charge is 0.375 e. The Balaban J connectivity index is 1.91. The molecule has 1 aliphatic heterocycles. The summed E-state index contributed by atoms with van der Waals surface area (Å²) < 4.78 is 4.73. The highest BCUT2D eigenvalue weighted by molar-refractivity contribution is 5.95. The molecule has 102 valence electrons. The average molecular weight is 262 g/mol. The van der Waals surface area contributed by atoms with Crippen LogP contribution in [0.3, 0.4) is 0 Å². The number of benzene rings is 1. The molecule has 0 spiro atoms. The number of ether oxygens (including phenoxy) is 1. The maximum atomic E-state index is 11.6. The summed E-state index contributed by atoms with van der Waals surface area (Å²) in [5.74, 6) is 0.0439. The zero-order chi connectivity index (χ0) is 13.7. The monoisotopic (exact) mass is 262 g/mol. The molecule has 1 saturated heterocycles. The van der Waals surface area contributed by atoms with E-state index in [0.717, 1.165) is 24.2 Å². The van der Waals surface area contributed by atoms with Gasteiger partial charge in [-0.2, -0.15) is 0 Å². The molecule has 2 rings (SSSR count). The number of rotatable bonds is 5. The van der Waals surface area contributed by atoms with E-state index in [1.165, 1.54) is 7.11 Å². The Hall–Kier alpha value is -1.88. The summed E-state index contributed by atoms with van der Waals surface area (Å²) in [7, 11) is 1.49. The second-order valence-corrected chi connectivity index (χ2v) is 4.53. The minimum atomic E-state index is -0.138. The molecule has 2 amide bonds. The van der Waals surface area contributed by atoms with Gasteiger partial charge in [0.1, 0.15) is 6.61 Å². The third-order valence-corrected chi connectivity index (χ3v) is 3.09. The van der Waals surface area contributed by atoms with Gasteiger partial charge in [-0.1, -0.05) is 12.1 Å². The van der Waals surface area contributed by atoms with Gasteiger partial charge in [0.05, 0.1) is 0 Å². The molecule has 1 aromatic carbocycles. The fourth-order valence-corrected chi connectivity index (χ4v) is 2.10. The van der Waals surface area contributed by atoms with Gasteiger partial charge in [0.25, 0.3) is 0 Å². The summed E-state index contributed by atoms with van der Waals surface area (Å²) in [6.07, 6.45) is 1.56. The van der Waals surface area contributed by atoms with E-state index in [-0.39, 0.29) is 18.4 Å². The van der Waals surface area contributed by atoms with Crippen LogP contribution in [0.25, 0.3) is 0 Å². The second kappa shape index (κ2) is 6.33. The molecule has 5 nitrogen and oxygen atoms in total. The first-order valence-electron chi connectivity index (χ1n) is 6.35. The Kier molecular flexibility index (Phi) is 4.52. The van der Waals surface area contributed by atoms with Gasteiger partial charge in [-0.15, -0.1) is 0 Å². The van der Waals surface area contributed by atoms with Gasteiger partial charge < -0.3 is 15.0 Å². The summed E-state index contributed by atoms with van der Waals surface area (Å²) in [5.41, 5.74) is 1.93. The van der Waals surface area contributed by atoms with E-state index in [0.29, 0.717) is 13.0 Å². The lowest BCUT2D eigenvalue weighted by atomic mass is 10.2. The van der Waals surface area contributed by atoms with Gasteiger partial charge in [0, 0.05) is 32.3 Å². The van der Waals surface area contributed by atoms with Crippen LogP contribution >= 0.6 is 0 Å². The Morgan fingerprint density at radius 3 is 2.68 bits per heavy atom. The number of hydrogen-bond acceptors (Lipinski definition) is 3. The van der Waals surface area contributed by atoms with Gasteiger partial charge in [-0.25, -0.2) is 0 Å². The van der Waals surface area contributed by atoms with Gasteiger partial charge in [-0.3, -0.25) is 9.59 Å². The summed E-state index contributed by atoms with van der Waals surface area (Å²) in [6, 6.07) is 7.68. The molecule has 1 N–H and O–H groups in total. The van der Waals surface area contributed by atoms with Crippen LogP contribution in [-0.4, -0.2) is 32.1 Å². The molecule has 0 radical (unpaired) electrons. The number of amides is 2. The molecular formula is C14H18N2O3. The average Bonchev–Trinajstić information content (AvgIpc) is 2.84. The van der Waals surface area contributed by atoms with Crippen molar-refractivity contribution >= 4 is 17.5 Å². The molecule has 5 heteroatoms. The molecule has 0 saturated carbocycles. The van der Waals surface area contributed by atoms with Crippen LogP contribution in [0.1, 0.15) is 18.4 Å². The molecule has 0 aliphatic carbocycles. The standard InChI is InChI=1S/C14H18N2O3/c1-19-10-13(17)15-9-11-4-6-12(7-5-11)16-8-2-3-14(16)18/h4-7H,2-3,8-10H2,1H3,(H,15,17). The molecule has 19 heavy (non-hydrogen) atoms. The molecule has 0 unspecified atom stereocenters. The number of hydrogen-bond donors (Lipinski definition) is 1. The van der Waals surface area contributed by atoms with Crippen molar-refractivity contribution in [3.8, 4) is 0 Å². The van der Waals surface area contributed by atoms with Gasteiger partial charge in [-0.05, 0) is 24.1 Å². The molecule has 1 fully saturated rings. The van der Waals surface area contributed by atoms with Crippen molar-refractivity contribution in [2.24, 2.45) is 0 Å². The van der Waals surface area contributed by atoms with E-state index in [1.54, 1.807) is 4.90 Å². The fourth-order valence-electron chi connectivity index (χ4n) is 2.10. The number of nitrogens with one attached hydrogen (secondary N) is 1. The first-order valence-corrected chi connectivity index (χ1v) is 6.35. The zero-order valence-corrected chi connectivity index (χ0v) is 11.0. The highest BCUT2D eigenvalue weighted by atomic mass is 16.5. The number of methoxy groups -OCH3 is 1. The summed E-state index contributed by atoms with van der Waals surface area (Å²) in [5, 5.41) is 2.75. The van der Waals surface area contributed by atoms with Gasteiger partial charge in [0.2, 0.25) is 11.8 Å². The van der Waals surface area contributed by atoms with Crippen molar-refractivity contribution in [3.05, 3.63) is 29.8 Å². The summed E-state index contributed by atoms with van der Waals surface area (Å²) >= 11 is 0. The predicted molar refractivity (Wildman–Crippen MR) is 71.8 cm³/mol. The van der Waals surface area contributed by atoms with E-state index in [4.69, 9.17) is 4.74 Å². The number of carbonyl (C=O) groups is 2. The van der Waals surface area contributed by atoms with Gasteiger partial charge >= 0.3 is 0 Å². The van der Waals surface area contributed by atoms with Crippen LogP contribution in [0.5, 0.6) is 0 Å². The van der Waals surface area contributed by atoms with Crippen molar-refractivity contribution in [3.63, 3.8) is 0 Å². The van der Waals surface area contributed by atoms with E-state index in [2.05, 4.69) is 5.32 Å². The van der Waals surface area contributed by atoms with E-state index in [9.17, 15) is 9.59 Å². The minimum Gasteiger partial charge on any atom is -0.375 e. The maximum Gasteiger partial charge on any atom is 0.246 e. The van der Waals surface area contributed by atoms with Crippen LogP contribution in [0.2, 0.25) is 0 Å². The molecule has 1 heterocycles. The summed E-state index contributed by atoms with van der Waals surface area (Å²) in [4.78, 5) is 24.6. The molecular weight excluding hydrogens is 244 g/mol. The quantitative estimate of drug-likeness (QED) is 0.863. The molecule has 0 bridgehead atoms. The lowest BCUT2D eigenvalue weighted by molar-refractivity contribution is -0.124. The molecule has 0 atom stereocenters. The van der Waals surface area contributed by atoms with E-state index in [1.807, 2.05) is 24.3 Å². The zero-order valence-electron chi connectivity index (χ0n) is 11.0. The van der Waals surface area contributed by atoms with E-state index >= 15 is 0 Å². The van der Waals surface area contributed by atoms with Crippen LogP contribution in [-0.2, 0) is 20.9 Å². The highest BCUT2D eigenvalue weighted by Gasteiger charge is 2.21. The Morgan fingerprint density at radius 2 is 2.11 bits per heavy atom. The predicted octanol–water partition coefficient (Wildman–Crippen LogP) is 1.08. The topological polar surface area (TPSA) is 58.6 Å². The third kappa shape index (κ3) is 3.54. The van der Waals surface area contributed by atoms with Crippen molar-refractivity contribution in [2.75, 3.05) is 25.2 Å². The molecule has 0 aromatic heterocycles. The van der Waals surface area contributed by atoms with E-state index < -0.39 is 0 Å². The van der Waals surface area contributed by atoms with Crippen molar-refractivity contribution in [2.45, 2.75) is 19.4 Å². The first-order chi connectivity index (χ1) is 9.20. The Labute approximate surface area is 112 Å². The Morgan fingerprint density at radius 1 is 1.37 bits per heavy atom. The number of nitrogens with zero attached hydrogens (tertiary/aromatic N) is 1. The molecule has 1 aliphatic rings. The third-order valence-electron chi connectivity index (χ3n) is 3.09. The maximum absolute atomic E-state index is 11.6. The smallest absolute Gasteiger partial charge is 0.246 e. The normalized spacial score (nSPS) is 14.8. The lowest BCUT2D eigenvalue weighted by Crippen LogP contribution is -2.26. The van der Waals surface area contributed by atoms with Crippen LogP contribution < -0.4 is 10.2 Å². The summed E-state index contributed by atoms with van der Waals surface area (Å²) in [6.45, 7) is 1.33. The van der Waals surface area contributed by atoms with Crippen LogP contribution in [0, 0.1) is 0 Å². The first kappa shape index (κ1) is 13.5. The van der Waals surface area contributed by atoms with Crippen molar-refractivity contribution < 1.29 is 14.3 Å².